The van der Waals surface area contributed by atoms with E-state index in [9.17, 15) is 14.7 Å². The lowest BCUT2D eigenvalue weighted by molar-refractivity contribution is -0.143. The number of benzene rings is 1. The molecular formula is C12H14O4. The molecule has 0 saturated carbocycles. The van der Waals surface area contributed by atoms with Crippen LogP contribution in [-0.4, -0.2) is 17.4 Å². The van der Waals surface area contributed by atoms with Crippen molar-refractivity contribution in [1.29, 1.82) is 0 Å². The average Bonchev–Trinajstić information content (AvgIpc) is 2.19. The highest BCUT2D eigenvalue weighted by atomic mass is 16.5. The van der Waals surface area contributed by atoms with E-state index in [-0.39, 0.29) is 17.1 Å². The normalized spacial score (nSPS) is 10.9. The van der Waals surface area contributed by atoms with Gasteiger partial charge in [-0.1, -0.05) is 0 Å². The maximum Gasteiger partial charge on any atom is 0.316 e. The number of rotatable bonds is 2. The molecule has 0 bridgehead atoms. The Labute approximate surface area is 93.9 Å². The van der Waals surface area contributed by atoms with Gasteiger partial charge >= 0.3 is 5.97 Å². The number of esters is 1. The van der Waals surface area contributed by atoms with Crippen molar-refractivity contribution in [2.24, 2.45) is 5.41 Å². The number of hydrogen-bond donors (Lipinski definition) is 1. The zero-order chi connectivity index (χ0) is 12.3. The smallest absolute Gasteiger partial charge is 0.316 e. The van der Waals surface area contributed by atoms with E-state index in [0.717, 1.165) is 0 Å². The van der Waals surface area contributed by atoms with Gasteiger partial charge in [0.1, 0.15) is 11.5 Å². The Bertz CT molecular complexity index is 416. The molecule has 0 aliphatic heterocycles. The molecular weight excluding hydrogens is 208 g/mol. The SMILES string of the molecule is CC(C)(C)C(=O)Oc1ccc(O)c(C=O)c1. The molecule has 0 fully saturated rings. The molecule has 1 N–H and O–H groups in total. The van der Waals surface area contributed by atoms with Crippen LogP contribution >= 0.6 is 0 Å². The molecule has 1 aromatic carbocycles. The van der Waals surface area contributed by atoms with Crippen molar-refractivity contribution in [2.45, 2.75) is 20.8 Å². The minimum atomic E-state index is -0.612. The summed E-state index contributed by atoms with van der Waals surface area (Å²) in [5.74, 6) is -0.277. The second-order valence-electron chi connectivity index (χ2n) is 4.48. The van der Waals surface area contributed by atoms with Gasteiger partial charge in [-0.05, 0) is 39.0 Å². The predicted octanol–water partition coefficient (Wildman–Crippen LogP) is 2.16. The molecule has 4 heteroatoms. The standard InChI is InChI=1S/C12H14O4/c1-12(2,3)11(15)16-9-4-5-10(14)8(6-9)7-13/h4-7,14H,1-3H3. The first-order valence-electron chi connectivity index (χ1n) is 4.85. The Kier molecular flexibility index (Phi) is 3.32. The van der Waals surface area contributed by atoms with Crippen LogP contribution in [0.15, 0.2) is 18.2 Å². The summed E-state index contributed by atoms with van der Waals surface area (Å²) in [6.07, 6.45) is 0.504. The molecule has 0 amide bonds. The first kappa shape index (κ1) is 12.2. The molecule has 4 nitrogen and oxygen atoms in total. The van der Waals surface area contributed by atoms with Gasteiger partial charge in [0.05, 0.1) is 11.0 Å². The molecule has 0 spiro atoms. The number of aromatic hydroxyl groups is 1. The Morgan fingerprint density at radius 2 is 2.00 bits per heavy atom. The predicted molar refractivity (Wildman–Crippen MR) is 58.6 cm³/mol. The van der Waals surface area contributed by atoms with Gasteiger partial charge in [-0.25, -0.2) is 0 Å². The fourth-order valence-corrected chi connectivity index (χ4v) is 0.951. The van der Waals surface area contributed by atoms with Crippen LogP contribution in [0.3, 0.4) is 0 Å². The minimum absolute atomic E-state index is 0.0965. The minimum Gasteiger partial charge on any atom is -0.507 e. The van der Waals surface area contributed by atoms with Gasteiger partial charge in [0.25, 0.3) is 0 Å². The molecule has 0 aliphatic rings. The van der Waals surface area contributed by atoms with Crippen molar-refractivity contribution in [3.8, 4) is 11.5 Å². The number of phenols is 1. The summed E-state index contributed by atoms with van der Waals surface area (Å²) >= 11 is 0. The van der Waals surface area contributed by atoms with Crippen LogP contribution in [0.2, 0.25) is 0 Å². The molecule has 0 atom stereocenters. The second-order valence-corrected chi connectivity index (χ2v) is 4.48. The molecule has 0 aromatic heterocycles. The van der Waals surface area contributed by atoms with Crippen LogP contribution < -0.4 is 4.74 Å². The van der Waals surface area contributed by atoms with E-state index in [4.69, 9.17) is 4.74 Å². The van der Waals surface area contributed by atoms with Gasteiger partial charge in [0, 0.05) is 0 Å². The number of hydrogen-bond acceptors (Lipinski definition) is 4. The highest BCUT2D eigenvalue weighted by Crippen LogP contribution is 2.24. The van der Waals surface area contributed by atoms with Crippen molar-refractivity contribution in [1.82, 2.24) is 0 Å². The quantitative estimate of drug-likeness (QED) is 0.473. The van der Waals surface area contributed by atoms with Gasteiger partial charge in [-0.3, -0.25) is 9.59 Å². The number of aldehydes is 1. The highest BCUT2D eigenvalue weighted by Gasteiger charge is 2.23. The van der Waals surface area contributed by atoms with Crippen LogP contribution in [0.1, 0.15) is 31.1 Å². The Hall–Kier alpha value is -1.84. The summed E-state index contributed by atoms with van der Waals surface area (Å²) in [5.41, 5.74) is -0.515. The van der Waals surface area contributed by atoms with E-state index in [1.807, 2.05) is 0 Å². The number of carbonyl (C=O) groups is 2. The van der Waals surface area contributed by atoms with E-state index in [1.165, 1.54) is 18.2 Å². The van der Waals surface area contributed by atoms with E-state index in [2.05, 4.69) is 0 Å². The first-order valence-corrected chi connectivity index (χ1v) is 4.85. The number of phenolic OH excluding ortho intramolecular Hbond substituents is 1. The third kappa shape index (κ3) is 2.82. The zero-order valence-electron chi connectivity index (χ0n) is 9.48. The molecule has 0 heterocycles. The molecule has 1 rings (SSSR count). The maximum atomic E-state index is 11.5. The summed E-state index contributed by atoms with van der Waals surface area (Å²) in [7, 11) is 0. The lowest BCUT2D eigenvalue weighted by Gasteiger charge is -2.16. The third-order valence-corrected chi connectivity index (χ3v) is 1.95. The van der Waals surface area contributed by atoms with Crippen LogP contribution in [0.25, 0.3) is 0 Å². The summed E-state index contributed by atoms with van der Waals surface area (Å²) in [5, 5.41) is 9.26. The van der Waals surface area contributed by atoms with Crippen LogP contribution in [0.4, 0.5) is 0 Å². The number of carbonyl (C=O) groups excluding carboxylic acids is 2. The van der Waals surface area contributed by atoms with Crippen molar-refractivity contribution in [3.63, 3.8) is 0 Å². The molecule has 0 saturated heterocycles. The monoisotopic (exact) mass is 222 g/mol. The van der Waals surface area contributed by atoms with Gasteiger partial charge in [0.15, 0.2) is 6.29 Å². The van der Waals surface area contributed by atoms with E-state index in [0.29, 0.717) is 6.29 Å². The van der Waals surface area contributed by atoms with E-state index < -0.39 is 11.4 Å². The highest BCUT2D eigenvalue weighted by molar-refractivity contribution is 5.82. The lowest BCUT2D eigenvalue weighted by Crippen LogP contribution is -2.25. The lowest BCUT2D eigenvalue weighted by atomic mass is 9.97. The average molecular weight is 222 g/mol. The Morgan fingerprint density at radius 3 is 2.50 bits per heavy atom. The molecule has 16 heavy (non-hydrogen) atoms. The molecule has 0 radical (unpaired) electrons. The van der Waals surface area contributed by atoms with Crippen LogP contribution in [0, 0.1) is 5.41 Å². The summed E-state index contributed by atoms with van der Waals surface area (Å²) in [6, 6.07) is 4.08. The second kappa shape index (κ2) is 4.35. The van der Waals surface area contributed by atoms with Gasteiger partial charge in [0.2, 0.25) is 0 Å². The summed E-state index contributed by atoms with van der Waals surface area (Å²) in [4.78, 5) is 22.1. The summed E-state index contributed by atoms with van der Waals surface area (Å²) in [6.45, 7) is 5.20. The molecule has 0 unspecified atom stereocenters. The van der Waals surface area contributed by atoms with Gasteiger partial charge < -0.3 is 9.84 Å². The van der Waals surface area contributed by atoms with E-state index in [1.54, 1.807) is 20.8 Å². The maximum absolute atomic E-state index is 11.5. The largest absolute Gasteiger partial charge is 0.507 e. The van der Waals surface area contributed by atoms with Crippen LogP contribution in [-0.2, 0) is 4.79 Å². The fraction of sp³-hybridized carbons (Fsp3) is 0.333. The van der Waals surface area contributed by atoms with Gasteiger partial charge in [-0.15, -0.1) is 0 Å². The Balaban J connectivity index is 2.91. The van der Waals surface area contributed by atoms with Crippen molar-refractivity contribution in [2.75, 3.05) is 0 Å². The summed E-state index contributed by atoms with van der Waals surface area (Å²) < 4.78 is 5.07. The van der Waals surface area contributed by atoms with Gasteiger partial charge in [-0.2, -0.15) is 0 Å². The first-order chi connectivity index (χ1) is 7.34. The van der Waals surface area contributed by atoms with Crippen molar-refractivity contribution in [3.05, 3.63) is 23.8 Å². The number of ether oxygens (including phenoxy) is 1. The molecule has 86 valence electrons. The van der Waals surface area contributed by atoms with Crippen LogP contribution in [0.5, 0.6) is 11.5 Å². The van der Waals surface area contributed by atoms with Crippen molar-refractivity contribution < 1.29 is 19.4 Å². The van der Waals surface area contributed by atoms with Crippen molar-refractivity contribution >= 4 is 12.3 Å². The fourth-order valence-electron chi connectivity index (χ4n) is 0.951. The topological polar surface area (TPSA) is 63.6 Å². The van der Waals surface area contributed by atoms with E-state index >= 15 is 0 Å². The zero-order valence-corrected chi connectivity index (χ0v) is 9.48. The third-order valence-electron chi connectivity index (χ3n) is 1.95. The Morgan fingerprint density at radius 1 is 1.38 bits per heavy atom. The molecule has 0 aliphatic carbocycles. The molecule has 1 aromatic rings.